The van der Waals surface area contributed by atoms with E-state index in [0.717, 1.165) is 0 Å². The van der Waals surface area contributed by atoms with Crippen LogP contribution in [0.5, 0.6) is 0 Å². The van der Waals surface area contributed by atoms with Crippen LogP contribution in [0.2, 0.25) is 10.0 Å². The molecule has 2 rings (SSSR count). The van der Waals surface area contributed by atoms with E-state index in [-0.39, 0.29) is 0 Å². The van der Waals surface area contributed by atoms with Gasteiger partial charge in [-0.2, -0.15) is 0 Å². The summed E-state index contributed by atoms with van der Waals surface area (Å²) in [5, 5.41) is 41.8. The van der Waals surface area contributed by atoms with Crippen LogP contribution in [0.1, 0.15) is 0 Å². The van der Waals surface area contributed by atoms with Gasteiger partial charge in [-0.3, -0.25) is 0 Å². The van der Waals surface area contributed by atoms with Gasteiger partial charge in [0.25, 0.3) is 0 Å². The first-order valence-electron chi connectivity index (χ1n) is 5.96. The summed E-state index contributed by atoms with van der Waals surface area (Å²) in [4.78, 5) is 0. The van der Waals surface area contributed by atoms with Crippen LogP contribution in [0, 0.1) is 0 Å². The summed E-state index contributed by atoms with van der Waals surface area (Å²) in [5.74, 6) is 0. The first kappa shape index (κ1) is 15.8. The van der Waals surface area contributed by atoms with Crippen molar-refractivity contribution in [3.63, 3.8) is 0 Å². The van der Waals surface area contributed by atoms with Gasteiger partial charge in [-0.15, -0.1) is 0 Å². The van der Waals surface area contributed by atoms with Crippen molar-refractivity contribution in [1.29, 1.82) is 0 Å². The van der Waals surface area contributed by atoms with E-state index in [2.05, 4.69) is 5.32 Å². The maximum Gasteiger partial charge on any atom is 0.157 e. The summed E-state index contributed by atoms with van der Waals surface area (Å²) in [5.41, 5.74) is 0.517. The third-order valence-electron chi connectivity index (χ3n) is 3.12. The Kier molecular flexibility index (Phi) is 5.09. The fourth-order valence-electron chi connectivity index (χ4n) is 1.97. The fourth-order valence-corrected chi connectivity index (χ4v) is 2.27. The zero-order valence-corrected chi connectivity index (χ0v) is 11.8. The third-order valence-corrected chi connectivity index (χ3v) is 3.86. The number of ether oxygens (including phenoxy) is 1. The van der Waals surface area contributed by atoms with Crippen molar-refractivity contribution in [1.82, 2.24) is 0 Å². The van der Waals surface area contributed by atoms with Crippen molar-refractivity contribution in [3.05, 3.63) is 28.2 Å². The van der Waals surface area contributed by atoms with Crippen molar-refractivity contribution in [2.24, 2.45) is 0 Å². The average molecular weight is 324 g/mol. The molecule has 1 aromatic rings. The summed E-state index contributed by atoms with van der Waals surface area (Å²) in [6, 6.07) is 4.72. The second-order valence-corrected chi connectivity index (χ2v) is 5.34. The van der Waals surface area contributed by atoms with Crippen LogP contribution >= 0.6 is 23.2 Å². The Balaban J connectivity index is 2.13. The summed E-state index contributed by atoms with van der Waals surface area (Å²) in [6.07, 6.45) is -6.14. The number of nitrogens with one attached hydrogen (secondary N) is 1. The minimum atomic E-state index is -1.43. The summed E-state index contributed by atoms with van der Waals surface area (Å²) >= 11 is 11.7. The quantitative estimate of drug-likeness (QED) is 0.545. The molecular formula is C12H15Cl2NO5. The second kappa shape index (κ2) is 6.44. The topological polar surface area (TPSA) is 102 Å². The number of halogens is 2. The molecule has 1 aromatic carbocycles. The highest BCUT2D eigenvalue weighted by Crippen LogP contribution is 2.27. The Morgan fingerprint density at radius 3 is 2.35 bits per heavy atom. The Morgan fingerprint density at radius 1 is 1.05 bits per heavy atom. The Bertz CT molecular complexity index is 473. The molecule has 0 amide bonds. The standard InChI is InChI=1S/C12H15Cl2NO5/c13-6-2-1-5(3-7(6)14)15-12-11(19)10(18)9(17)8(4-16)20-12/h1-3,8-12,15-19H,4H2/t8-,9-,10+,11-,12?/m1/s1. The molecule has 5 N–H and O–H groups in total. The van der Waals surface area contributed by atoms with Gasteiger partial charge in [-0.05, 0) is 18.2 Å². The lowest BCUT2D eigenvalue weighted by molar-refractivity contribution is -0.221. The zero-order chi connectivity index (χ0) is 14.9. The Labute approximate surface area is 125 Å². The number of anilines is 1. The number of rotatable bonds is 3. The highest BCUT2D eigenvalue weighted by Gasteiger charge is 2.43. The number of benzene rings is 1. The van der Waals surface area contributed by atoms with E-state index in [1.165, 1.54) is 6.07 Å². The van der Waals surface area contributed by atoms with Gasteiger partial charge >= 0.3 is 0 Å². The van der Waals surface area contributed by atoms with Gasteiger partial charge in [0.05, 0.1) is 16.7 Å². The SMILES string of the molecule is OC[C@H]1OC(Nc2ccc(Cl)c(Cl)c2)[C@H](O)[C@@H](O)[C@@H]1O. The molecule has 20 heavy (non-hydrogen) atoms. The molecule has 112 valence electrons. The van der Waals surface area contributed by atoms with Gasteiger partial charge in [0.15, 0.2) is 6.23 Å². The molecule has 0 radical (unpaired) electrons. The summed E-state index contributed by atoms with van der Waals surface area (Å²) in [6.45, 7) is -0.482. The van der Waals surface area contributed by atoms with Crippen LogP contribution in [0.3, 0.4) is 0 Å². The van der Waals surface area contributed by atoms with Gasteiger partial charge < -0.3 is 30.5 Å². The lowest BCUT2D eigenvalue weighted by Crippen LogP contribution is -2.60. The Hall–Kier alpha value is -0.600. The predicted octanol–water partition coefficient (Wildman–Crippen LogP) is 0.205. The zero-order valence-electron chi connectivity index (χ0n) is 10.3. The minimum absolute atomic E-state index is 0.321. The maximum absolute atomic E-state index is 9.87. The monoisotopic (exact) mass is 323 g/mol. The molecule has 0 aromatic heterocycles. The summed E-state index contributed by atoms with van der Waals surface area (Å²) < 4.78 is 5.31. The average Bonchev–Trinajstić information content (AvgIpc) is 2.43. The van der Waals surface area contributed by atoms with Crippen molar-refractivity contribution < 1.29 is 25.2 Å². The molecule has 1 heterocycles. The second-order valence-electron chi connectivity index (χ2n) is 4.52. The van der Waals surface area contributed by atoms with Crippen molar-refractivity contribution in [2.45, 2.75) is 30.6 Å². The van der Waals surface area contributed by atoms with Gasteiger partial charge in [0.1, 0.15) is 24.4 Å². The van der Waals surface area contributed by atoms with E-state index in [0.29, 0.717) is 15.7 Å². The largest absolute Gasteiger partial charge is 0.394 e. The van der Waals surface area contributed by atoms with E-state index >= 15 is 0 Å². The molecule has 1 unspecified atom stereocenters. The summed E-state index contributed by atoms with van der Waals surface area (Å²) in [7, 11) is 0. The van der Waals surface area contributed by atoms with E-state index < -0.39 is 37.3 Å². The fraction of sp³-hybridized carbons (Fsp3) is 0.500. The molecule has 1 fully saturated rings. The van der Waals surface area contributed by atoms with Crippen LogP contribution in [0.15, 0.2) is 18.2 Å². The molecule has 5 atom stereocenters. The lowest BCUT2D eigenvalue weighted by atomic mass is 9.98. The molecule has 0 bridgehead atoms. The molecular weight excluding hydrogens is 309 g/mol. The van der Waals surface area contributed by atoms with Crippen LogP contribution in [0.4, 0.5) is 5.69 Å². The Morgan fingerprint density at radius 2 is 1.75 bits per heavy atom. The number of aliphatic hydroxyl groups excluding tert-OH is 4. The van der Waals surface area contributed by atoms with Gasteiger partial charge in [-0.25, -0.2) is 0 Å². The minimum Gasteiger partial charge on any atom is -0.394 e. The van der Waals surface area contributed by atoms with E-state index in [1.54, 1.807) is 12.1 Å². The highest BCUT2D eigenvalue weighted by atomic mass is 35.5. The van der Waals surface area contributed by atoms with Gasteiger partial charge in [-0.1, -0.05) is 23.2 Å². The highest BCUT2D eigenvalue weighted by molar-refractivity contribution is 6.42. The molecule has 6 nitrogen and oxygen atoms in total. The van der Waals surface area contributed by atoms with Gasteiger partial charge in [0.2, 0.25) is 0 Å². The third kappa shape index (κ3) is 3.17. The molecule has 8 heteroatoms. The maximum atomic E-state index is 9.87. The molecule has 0 aliphatic carbocycles. The number of hydrogen-bond donors (Lipinski definition) is 5. The molecule has 0 spiro atoms. The predicted molar refractivity (Wildman–Crippen MR) is 73.9 cm³/mol. The molecule has 1 saturated heterocycles. The van der Waals surface area contributed by atoms with Crippen LogP contribution < -0.4 is 5.32 Å². The van der Waals surface area contributed by atoms with Crippen molar-refractivity contribution in [3.8, 4) is 0 Å². The van der Waals surface area contributed by atoms with E-state index in [4.69, 9.17) is 33.0 Å². The van der Waals surface area contributed by atoms with Gasteiger partial charge in [0, 0.05) is 5.69 Å². The number of aliphatic hydroxyl groups is 4. The van der Waals surface area contributed by atoms with Crippen molar-refractivity contribution >= 4 is 28.9 Å². The molecule has 1 aliphatic heterocycles. The molecule has 0 saturated carbocycles. The van der Waals surface area contributed by atoms with E-state index in [9.17, 15) is 15.3 Å². The first-order valence-corrected chi connectivity index (χ1v) is 6.71. The van der Waals surface area contributed by atoms with Crippen LogP contribution in [-0.2, 0) is 4.74 Å². The van der Waals surface area contributed by atoms with Crippen molar-refractivity contribution in [2.75, 3.05) is 11.9 Å². The van der Waals surface area contributed by atoms with Crippen LogP contribution in [0.25, 0.3) is 0 Å². The van der Waals surface area contributed by atoms with Crippen LogP contribution in [-0.4, -0.2) is 57.7 Å². The molecule has 1 aliphatic rings. The number of hydrogen-bond acceptors (Lipinski definition) is 6. The first-order chi connectivity index (χ1) is 9.43. The van der Waals surface area contributed by atoms with E-state index in [1.807, 2.05) is 0 Å². The smallest absolute Gasteiger partial charge is 0.157 e. The lowest BCUT2D eigenvalue weighted by Gasteiger charge is -2.40. The normalized spacial score (nSPS) is 34.0.